The molecule has 0 saturated carbocycles. The molecular weight excluding hydrogens is 362 g/mol. The highest BCUT2D eigenvalue weighted by molar-refractivity contribution is 6.00. The summed E-state index contributed by atoms with van der Waals surface area (Å²) >= 11 is 0. The van der Waals surface area contributed by atoms with Crippen molar-refractivity contribution in [2.45, 2.75) is 0 Å². The molecule has 4 N–H and O–H groups in total. The van der Waals surface area contributed by atoms with Gasteiger partial charge < -0.3 is 30.3 Å². The van der Waals surface area contributed by atoms with E-state index in [9.17, 15) is 19.7 Å². The van der Waals surface area contributed by atoms with Crippen LogP contribution in [0.2, 0.25) is 0 Å². The van der Waals surface area contributed by atoms with Crippen molar-refractivity contribution in [1.82, 2.24) is 10.6 Å². The highest BCUT2D eigenvalue weighted by Crippen LogP contribution is 2.17. The molecule has 1 rings (SSSR count). The summed E-state index contributed by atoms with van der Waals surface area (Å²) in [6.45, 7) is 0.629. The molecule has 0 aliphatic heterocycles. The molecule has 11 nitrogen and oxygen atoms in total. The number of carbonyl (C=O) groups is 2. The first-order chi connectivity index (χ1) is 13.0. The van der Waals surface area contributed by atoms with E-state index in [1.54, 1.807) is 0 Å². The number of nitrogens with zero attached hydrogens (tertiary/aromatic N) is 1. The molecule has 2 amide bonds. The van der Waals surface area contributed by atoms with Gasteiger partial charge in [-0.05, 0) is 6.07 Å². The van der Waals surface area contributed by atoms with Gasteiger partial charge in [0.05, 0.1) is 44.6 Å². The van der Waals surface area contributed by atoms with Crippen LogP contribution in [0.4, 0.5) is 5.69 Å². The molecule has 0 radical (unpaired) electrons. The Morgan fingerprint density at radius 1 is 0.889 bits per heavy atom. The predicted octanol–water partition coefficient (Wildman–Crippen LogP) is -0.928. The molecule has 0 aromatic heterocycles. The Labute approximate surface area is 155 Å². The van der Waals surface area contributed by atoms with Gasteiger partial charge in [-0.1, -0.05) is 0 Å². The number of nitro benzene ring substituents is 1. The fourth-order valence-electron chi connectivity index (χ4n) is 1.99. The number of hydrogen-bond donors (Lipinski definition) is 4. The van der Waals surface area contributed by atoms with Crippen LogP contribution in [0, 0.1) is 10.1 Å². The first kappa shape index (κ1) is 22.4. The number of non-ortho nitro benzene ring substituents is 1. The van der Waals surface area contributed by atoms with E-state index < -0.39 is 16.7 Å². The molecular formula is C16H23N3O8. The van der Waals surface area contributed by atoms with Gasteiger partial charge in [-0.3, -0.25) is 19.7 Å². The number of amides is 2. The van der Waals surface area contributed by atoms with E-state index in [-0.39, 0.29) is 69.5 Å². The number of carbonyl (C=O) groups excluding carboxylic acids is 2. The van der Waals surface area contributed by atoms with Gasteiger partial charge >= 0.3 is 0 Å². The highest BCUT2D eigenvalue weighted by atomic mass is 16.6. The van der Waals surface area contributed by atoms with E-state index in [4.69, 9.17) is 19.7 Å². The first-order valence-corrected chi connectivity index (χ1v) is 8.22. The second-order valence-electron chi connectivity index (χ2n) is 5.21. The van der Waals surface area contributed by atoms with E-state index in [1.807, 2.05) is 0 Å². The average Bonchev–Trinajstić information content (AvgIpc) is 2.66. The molecule has 0 spiro atoms. The molecule has 1 aromatic rings. The smallest absolute Gasteiger partial charge is 0.271 e. The van der Waals surface area contributed by atoms with Crippen molar-refractivity contribution in [2.24, 2.45) is 0 Å². The summed E-state index contributed by atoms with van der Waals surface area (Å²) in [5.74, 6) is -1.18. The van der Waals surface area contributed by atoms with E-state index in [2.05, 4.69) is 10.6 Å². The van der Waals surface area contributed by atoms with Crippen molar-refractivity contribution < 1.29 is 34.2 Å². The minimum absolute atomic E-state index is 0.0342. The summed E-state index contributed by atoms with van der Waals surface area (Å²) in [5, 5.41) is 33.3. The Kier molecular flexibility index (Phi) is 10.6. The van der Waals surface area contributed by atoms with Crippen molar-refractivity contribution in [1.29, 1.82) is 0 Å². The molecule has 0 aliphatic carbocycles. The monoisotopic (exact) mass is 385 g/mol. The van der Waals surface area contributed by atoms with Crippen LogP contribution < -0.4 is 10.6 Å². The van der Waals surface area contributed by atoms with Gasteiger partial charge in [-0.2, -0.15) is 0 Å². The van der Waals surface area contributed by atoms with Crippen molar-refractivity contribution in [3.63, 3.8) is 0 Å². The zero-order valence-corrected chi connectivity index (χ0v) is 14.7. The summed E-state index contributed by atoms with van der Waals surface area (Å²) in [6.07, 6.45) is 0. The molecule has 150 valence electrons. The molecule has 0 aliphatic rings. The normalized spacial score (nSPS) is 10.4. The lowest BCUT2D eigenvalue weighted by Gasteiger charge is -2.09. The maximum Gasteiger partial charge on any atom is 0.271 e. The van der Waals surface area contributed by atoms with Gasteiger partial charge in [-0.15, -0.1) is 0 Å². The third-order valence-corrected chi connectivity index (χ3v) is 3.19. The zero-order chi connectivity index (χ0) is 20.1. The lowest BCUT2D eigenvalue weighted by molar-refractivity contribution is -0.384. The van der Waals surface area contributed by atoms with E-state index in [1.165, 1.54) is 6.07 Å². The molecule has 0 atom stereocenters. The van der Waals surface area contributed by atoms with Crippen molar-refractivity contribution in [3.05, 3.63) is 39.4 Å². The Hall–Kier alpha value is -2.60. The molecule has 11 heteroatoms. The van der Waals surface area contributed by atoms with Crippen LogP contribution in [0.1, 0.15) is 20.7 Å². The Morgan fingerprint density at radius 3 is 1.70 bits per heavy atom. The van der Waals surface area contributed by atoms with Crippen LogP contribution in [-0.2, 0) is 9.47 Å². The number of nitrogens with one attached hydrogen (secondary N) is 2. The number of ether oxygens (including phenoxy) is 2. The first-order valence-electron chi connectivity index (χ1n) is 8.22. The maximum atomic E-state index is 12.1. The highest BCUT2D eigenvalue weighted by Gasteiger charge is 2.17. The van der Waals surface area contributed by atoms with Crippen LogP contribution in [0.3, 0.4) is 0 Å². The summed E-state index contributed by atoms with van der Waals surface area (Å²) in [7, 11) is 0. The fraction of sp³-hybridized carbons (Fsp3) is 0.500. The van der Waals surface area contributed by atoms with Crippen LogP contribution in [0.15, 0.2) is 18.2 Å². The number of aliphatic hydroxyl groups is 2. The number of nitro groups is 1. The van der Waals surface area contributed by atoms with E-state index in [0.29, 0.717) is 0 Å². The second kappa shape index (κ2) is 12.7. The lowest BCUT2D eigenvalue weighted by atomic mass is 10.1. The summed E-state index contributed by atoms with van der Waals surface area (Å²) in [6, 6.07) is 3.40. The molecule has 0 unspecified atom stereocenters. The Balaban J connectivity index is 2.73. The van der Waals surface area contributed by atoms with Gasteiger partial charge in [0, 0.05) is 36.3 Å². The summed E-state index contributed by atoms with van der Waals surface area (Å²) < 4.78 is 10.0. The topological polar surface area (TPSA) is 160 Å². The third kappa shape index (κ3) is 8.55. The molecule has 27 heavy (non-hydrogen) atoms. The van der Waals surface area contributed by atoms with Crippen LogP contribution in [0.25, 0.3) is 0 Å². The Bertz CT molecular complexity index is 594. The van der Waals surface area contributed by atoms with Gasteiger partial charge in [0.1, 0.15) is 0 Å². The van der Waals surface area contributed by atoms with Crippen molar-refractivity contribution in [2.75, 3.05) is 52.7 Å². The van der Waals surface area contributed by atoms with Gasteiger partial charge in [0.25, 0.3) is 17.5 Å². The van der Waals surface area contributed by atoms with Crippen LogP contribution in [-0.4, -0.2) is 79.7 Å². The summed E-state index contributed by atoms with van der Waals surface area (Å²) in [4.78, 5) is 34.7. The minimum Gasteiger partial charge on any atom is -0.394 e. The van der Waals surface area contributed by atoms with Crippen LogP contribution in [0.5, 0.6) is 0 Å². The molecule has 1 aromatic carbocycles. The molecule has 0 bridgehead atoms. The molecule has 0 saturated heterocycles. The zero-order valence-electron chi connectivity index (χ0n) is 14.7. The number of aliphatic hydroxyl groups excluding tert-OH is 2. The summed E-state index contributed by atoms with van der Waals surface area (Å²) in [5.41, 5.74) is -0.457. The third-order valence-electron chi connectivity index (χ3n) is 3.19. The molecule has 0 heterocycles. The lowest BCUT2D eigenvalue weighted by Crippen LogP contribution is -2.29. The van der Waals surface area contributed by atoms with Gasteiger partial charge in [0.2, 0.25) is 0 Å². The van der Waals surface area contributed by atoms with Crippen molar-refractivity contribution in [3.8, 4) is 0 Å². The fourth-order valence-corrected chi connectivity index (χ4v) is 1.99. The van der Waals surface area contributed by atoms with E-state index in [0.717, 1.165) is 12.1 Å². The largest absolute Gasteiger partial charge is 0.394 e. The quantitative estimate of drug-likeness (QED) is 0.192. The van der Waals surface area contributed by atoms with Crippen LogP contribution >= 0.6 is 0 Å². The Morgan fingerprint density at radius 2 is 1.33 bits per heavy atom. The van der Waals surface area contributed by atoms with Gasteiger partial charge in [0.15, 0.2) is 0 Å². The number of benzene rings is 1. The second-order valence-corrected chi connectivity index (χ2v) is 5.21. The van der Waals surface area contributed by atoms with E-state index >= 15 is 0 Å². The number of rotatable bonds is 13. The molecule has 0 fully saturated rings. The maximum absolute atomic E-state index is 12.1. The number of hydrogen-bond acceptors (Lipinski definition) is 8. The van der Waals surface area contributed by atoms with Gasteiger partial charge in [-0.25, -0.2) is 0 Å². The van der Waals surface area contributed by atoms with Crippen molar-refractivity contribution >= 4 is 17.5 Å². The SMILES string of the molecule is O=C(NCCOCCO)c1cc(C(=O)NCCOCCO)cc([N+](=O)[O-])c1. The average molecular weight is 385 g/mol. The predicted molar refractivity (Wildman–Crippen MR) is 93.6 cm³/mol. The minimum atomic E-state index is -0.692. The standard InChI is InChI=1S/C16H23N3O8/c20-3-7-26-5-1-17-15(22)12-9-13(11-14(10-12)19(24)25)16(23)18-2-6-27-8-4-21/h9-11,20-21H,1-8H2,(H,17,22)(H,18,23).